The first-order chi connectivity index (χ1) is 12.3. The minimum atomic E-state index is -0.815. The van der Waals surface area contributed by atoms with Crippen LogP contribution in [0.2, 0.25) is 0 Å². The first-order valence-corrected chi connectivity index (χ1v) is 9.43. The maximum Gasteiger partial charge on any atom is 0.303 e. The number of hydrogen-bond donors (Lipinski definition) is 4. The third kappa shape index (κ3) is 8.74. The molecule has 0 aromatic heterocycles. The number of allylic oxidation sites excluding steroid dienone is 2. The monoisotopic (exact) mass is 368 g/mol. The van der Waals surface area contributed by atoms with E-state index < -0.39 is 18.2 Å². The van der Waals surface area contributed by atoms with Crippen molar-refractivity contribution < 1.29 is 30.0 Å². The zero-order valence-corrected chi connectivity index (χ0v) is 15.5. The summed E-state index contributed by atoms with van der Waals surface area (Å²) in [6.45, 7) is 1.71. The Labute approximate surface area is 155 Å². The van der Waals surface area contributed by atoms with E-state index in [9.17, 15) is 24.9 Å². The van der Waals surface area contributed by atoms with Crippen LogP contribution < -0.4 is 0 Å². The quantitative estimate of drug-likeness (QED) is 0.310. The summed E-state index contributed by atoms with van der Waals surface area (Å²) in [4.78, 5) is 22.6. The van der Waals surface area contributed by atoms with Crippen molar-refractivity contribution in [3.8, 4) is 0 Å². The van der Waals surface area contributed by atoms with Crippen LogP contribution >= 0.6 is 0 Å². The molecule has 1 aliphatic rings. The van der Waals surface area contributed by atoms with Gasteiger partial charge in [-0.3, -0.25) is 9.59 Å². The second kappa shape index (κ2) is 12.0. The molecule has 26 heavy (non-hydrogen) atoms. The van der Waals surface area contributed by atoms with Crippen LogP contribution in [-0.2, 0) is 9.59 Å². The van der Waals surface area contributed by atoms with E-state index in [4.69, 9.17) is 5.11 Å². The van der Waals surface area contributed by atoms with E-state index in [-0.39, 0.29) is 36.6 Å². The van der Waals surface area contributed by atoms with Gasteiger partial charge < -0.3 is 20.4 Å². The highest BCUT2D eigenvalue weighted by molar-refractivity contribution is 5.84. The summed E-state index contributed by atoms with van der Waals surface area (Å²) in [6, 6.07) is 0. The van der Waals surface area contributed by atoms with Crippen molar-refractivity contribution in [2.24, 2.45) is 11.8 Å². The highest BCUT2D eigenvalue weighted by Gasteiger charge is 2.39. The predicted octanol–water partition coefficient (Wildman–Crippen LogP) is 2.22. The molecule has 0 aliphatic heterocycles. The van der Waals surface area contributed by atoms with E-state index >= 15 is 0 Å². The van der Waals surface area contributed by atoms with Gasteiger partial charge in [-0.2, -0.15) is 0 Å². The van der Waals surface area contributed by atoms with Crippen LogP contribution in [0.5, 0.6) is 0 Å². The fourth-order valence-corrected chi connectivity index (χ4v) is 3.23. The summed E-state index contributed by atoms with van der Waals surface area (Å²) in [5.74, 6) is -1.41. The Morgan fingerprint density at radius 1 is 1.23 bits per heavy atom. The topological polar surface area (TPSA) is 115 Å². The molecule has 4 N–H and O–H groups in total. The summed E-state index contributed by atoms with van der Waals surface area (Å²) < 4.78 is 0. The van der Waals surface area contributed by atoms with Gasteiger partial charge in [0.1, 0.15) is 5.78 Å². The molecule has 0 aromatic rings. The van der Waals surface area contributed by atoms with Crippen LogP contribution in [0.3, 0.4) is 0 Å². The van der Waals surface area contributed by atoms with Crippen LogP contribution in [-0.4, -0.2) is 50.5 Å². The van der Waals surface area contributed by atoms with Crippen molar-refractivity contribution in [2.45, 2.75) is 76.6 Å². The number of aliphatic carboxylic acids is 1. The van der Waals surface area contributed by atoms with Gasteiger partial charge in [0.25, 0.3) is 0 Å². The van der Waals surface area contributed by atoms with Crippen LogP contribution in [0.25, 0.3) is 0 Å². The fourth-order valence-electron chi connectivity index (χ4n) is 3.23. The maximum absolute atomic E-state index is 12.1. The smallest absolute Gasteiger partial charge is 0.303 e. The number of aliphatic hydroxyl groups excluding tert-OH is 3. The maximum atomic E-state index is 12.1. The third-order valence-corrected chi connectivity index (χ3v) is 4.73. The van der Waals surface area contributed by atoms with Gasteiger partial charge in [-0.1, -0.05) is 24.3 Å². The minimum absolute atomic E-state index is 0.0194. The van der Waals surface area contributed by atoms with Gasteiger partial charge >= 0.3 is 5.97 Å². The van der Waals surface area contributed by atoms with E-state index in [0.717, 1.165) is 0 Å². The van der Waals surface area contributed by atoms with Crippen molar-refractivity contribution in [2.75, 3.05) is 0 Å². The van der Waals surface area contributed by atoms with Crippen molar-refractivity contribution >= 4 is 11.8 Å². The molecule has 1 rings (SSSR count). The Kier molecular flexibility index (Phi) is 10.4. The lowest BCUT2D eigenvalue weighted by molar-refractivity contribution is -0.137. The summed E-state index contributed by atoms with van der Waals surface area (Å²) >= 11 is 0. The summed E-state index contributed by atoms with van der Waals surface area (Å²) in [5, 5.41) is 37.9. The van der Waals surface area contributed by atoms with Crippen molar-refractivity contribution in [3.05, 3.63) is 24.3 Å². The molecule has 5 atom stereocenters. The molecule has 0 aromatic carbocycles. The Bertz CT molecular complexity index is 497. The first-order valence-electron chi connectivity index (χ1n) is 9.43. The van der Waals surface area contributed by atoms with Gasteiger partial charge in [0.15, 0.2) is 0 Å². The molecule has 0 radical (unpaired) electrons. The number of rotatable bonds is 12. The molecule has 0 saturated heterocycles. The average Bonchev–Trinajstić information content (AvgIpc) is 2.81. The molecule has 6 heteroatoms. The number of carboxylic acids is 1. The van der Waals surface area contributed by atoms with Gasteiger partial charge in [0.2, 0.25) is 0 Å². The zero-order chi connectivity index (χ0) is 19.5. The highest BCUT2D eigenvalue weighted by Crippen LogP contribution is 2.33. The van der Waals surface area contributed by atoms with Gasteiger partial charge in [0, 0.05) is 24.7 Å². The number of aliphatic hydroxyl groups is 3. The zero-order valence-electron chi connectivity index (χ0n) is 15.5. The minimum Gasteiger partial charge on any atom is -0.481 e. The largest absolute Gasteiger partial charge is 0.481 e. The third-order valence-electron chi connectivity index (χ3n) is 4.73. The van der Waals surface area contributed by atoms with E-state index in [2.05, 4.69) is 0 Å². The van der Waals surface area contributed by atoms with Crippen LogP contribution in [0.15, 0.2) is 24.3 Å². The standard InChI is InChI=1S/C20H32O6/c1-14(21)7-6-8-15(22)11-12-17-16(18(23)13-19(17)24)9-4-2-3-5-10-20(25)26/h2,4,11-12,14-17,19,21-22,24H,3,5-10,13H2,1H3,(H,25,26)/b4-2-,12-11+/t14-,15-,16+,17+,19-/m0/s1. The molecule has 0 amide bonds. The SMILES string of the molecule is C[C@H](O)CCC[C@H](O)/C=C/[C@H]1[C@@H](O)CC(=O)[C@@H]1C/C=C\CCCC(=O)O. The fraction of sp³-hybridized carbons (Fsp3) is 0.700. The second-order valence-corrected chi connectivity index (χ2v) is 7.15. The first kappa shape index (κ1) is 22.5. The lowest BCUT2D eigenvalue weighted by atomic mass is 9.90. The number of carbonyl (C=O) groups is 2. The Morgan fingerprint density at radius 2 is 1.96 bits per heavy atom. The van der Waals surface area contributed by atoms with Crippen molar-refractivity contribution in [1.82, 2.24) is 0 Å². The number of ketones is 1. The van der Waals surface area contributed by atoms with Crippen LogP contribution in [0.1, 0.15) is 58.3 Å². The molecule has 0 heterocycles. The van der Waals surface area contributed by atoms with E-state index in [1.54, 1.807) is 19.1 Å². The molecule has 0 bridgehead atoms. The summed E-state index contributed by atoms with van der Waals surface area (Å²) in [5.41, 5.74) is 0. The van der Waals surface area contributed by atoms with E-state index in [0.29, 0.717) is 38.5 Å². The lowest BCUT2D eigenvalue weighted by Crippen LogP contribution is -2.18. The van der Waals surface area contributed by atoms with Gasteiger partial charge in [-0.05, 0) is 45.4 Å². The number of unbranched alkanes of at least 4 members (excludes halogenated alkanes) is 1. The molecular weight excluding hydrogens is 336 g/mol. The molecule has 148 valence electrons. The van der Waals surface area contributed by atoms with Crippen LogP contribution in [0, 0.1) is 11.8 Å². The van der Waals surface area contributed by atoms with E-state index in [1.165, 1.54) is 0 Å². The number of Topliss-reactive ketones (excluding diaryl/α,β-unsaturated/α-hetero) is 1. The summed E-state index contributed by atoms with van der Waals surface area (Å²) in [7, 11) is 0. The Balaban J connectivity index is 2.47. The average molecular weight is 368 g/mol. The second-order valence-electron chi connectivity index (χ2n) is 7.15. The van der Waals surface area contributed by atoms with Crippen LogP contribution in [0.4, 0.5) is 0 Å². The Morgan fingerprint density at radius 3 is 2.62 bits per heavy atom. The molecule has 6 nitrogen and oxygen atoms in total. The number of carboxylic acid groups (broad SMARTS) is 1. The van der Waals surface area contributed by atoms with Gasteiger partial charge in [-0.25, -0.2) is 0 Å². The normalized spacial score (nSPS) is 26.0. The predicted molar refractivity (Wildman–Crippen MR) is 98.5 cm³/mol. The van der Waals surface area contributed by atoms with Crippen molar-refractivity contribution in [3.63, 3.8) is 0 Å². The van der Waals surface area contributed by atoms with Gasteiger partial charge in [-0.15, -0.1) is 0 Å². The van der Waals surface area contributed by atoms with E-state index in [1.807, 2.05) is 12.2 Å². The Hall–Kier alpha value is -1.50. The lowest BCUT2D eigenvalue weighted by Gasteiger charge is -2.16. The number of hydrogen-bond acceptors (Lipinski definition) is 5. The molecular formula is C20H32O6. The highest BCUT2D eigenvalue weighted by atomic mass is 16.4. The van der Waals surface area contributed by atoms with Gasteiger partial charge in [0.05, 0.1) is 18.3 Å². The molecule has 0 spiro atoms. The molecule has 1 fully saturated rings. The molecule has 0 unspecified atom stereocenters. The summed E-state index contributed by atoms with van der Waals surface area (Å²) in [6.07, 6.45) is 9.23. The molecule has 1 saturated carbocycles. The van der Waals surface area contributed by atoms with Crippen molar-refractivity contribution in [1.29, 1.82) is 0 Å². The number of carbonyl (C=O) groups excluding carboxylic acids is 1. The molecule has 1 aliphatic carbocycles.